The molecular formula is C18H28O3. The molecule has 21 heavy (non-hydrogen) atoms. The Morgan fingerprint density at radius 1 is 1.29 bits per heavy atom. The quantitative estimate of drug-likeness (QED) is 0.420. The fraction of sp³-hybridized carbons (Fsp3) is 0.833. The molecule has 4 aliphatic carbocycles. The van der Waals surface area contributed by atoms with Gasteiger partial charge >= 0.3 is 5.97 Å². The molecule has 3 nitrogen and oxygen atoms in total. The first-order chi connectivity index (χ1) is 10.1. The maximum Gasteiger partial charge on any atom is 0.332 e. The van der Waals surface area contributed by atoms with Crippen LogP contribution in [0.15, 0.2) is 12.7 Å². The first-order valence-corrected chi connectivity index (χ1v) is 8.49. The van der Waals surface area contributed by atoms with Gasteiger partial charge in [0.25, 0.3) is 0 Å². The third kappa shape index (κ3) is 2.16. The van der Waals surface area contributed by atoms with Gasteiger partial charge in [-0.1, -0.05) is 26.3 Å². The van der Waals surface area contributed by atoms with Crippen LogP contribution >= 0.6 is 0 Å². The van der Waals surface area contributed by atoms with Crippen molar-refractivity contribution in [1.29, 1.82) is 0 Å². The van der Waals surface area contributed by atoms with E-state index in [-0.39, 0.29) is 11.4 Å². The molecule has 0 radical (unpaired) electrons. The molecule has 3 unspecified atom stereocenters. The minimum atomic E-state index is -0.707. The molecular weight excluding hydrogens is 264 g/mol. The van der Waals surface area contributed by atoms with Gasteiger partial charge in [-0.05, 0) is 50.4 Å². The van der Waals surface area contributed by atoms with Crippen LogP contribution in [0.2, 0.25) is 0 Å². The predicted molar refractivity (Wildman–Crippen MR) is 81.5 cm³/mol. The van der Waals surface area contributed by atoms with E-state index in [1.54, 1.807) is 7.11 Å². The highest BCUT2D eigenvalue weighted by Crippen LogP contribution is 2.67. The van der Waals surface area contributed by atoms with Gasteiger partial charge in [0.15, 0.2) is 0 Å². The number of rotatable bonds is 6. The van der Waals surface area contributed by atoms with Crippen molar-refractivity contribution in [2.75, 3.05) is 7.11 Å². The van der Waals surface area contributed by atoms with Gasteiger partial charge < -0.3 is 9.47 Å². The second-order valence-corrected chi connectivity index (χ2v) is 7.43. The fourth-order valence-electron chi connectivity index (χ4n) is 5.82. The second kappa shape index (κ2) is 5.42. The smallest absolute Gasteiger partial charge is 0.332 e. The van der Waals surface area contributed by atoms with E-state index in [0.29, 0.717) is 5.92 Å². The zero-order valence-electron chi connectivity index (χ0n) is 13.4. The van der Waals surface area contributed by atoms with Crippen LogP contribution in [0.3, 0.4) is 0 Å². The van der Waals surface area contributed by atoms with Crippen molar-refractivity contribution in [2.45, 2.75) is 64.1 Å². The van der Waals surface area contributed by atoms with Gasteiger partial charge in [-0.25, -0.2) is 4.79 Å². The molecule has 0 saturated heterocycles. The van der Waals surface area contributed by atoms with Crippen molar-refractivity contribution in [3.05, 3.63) is 12.7 Å². The summed E-state index contributed by atoms with van der Waals surface area (Å²) >= 11 is 0. The lowest BCUT2D eigenvalue weighted by Crippen LogP contribution is -2.67. The number of esters is 1. The molecule has 0 spiro atoms. The number of carbonyl (C=O) groups excluding carboxylic acids is 1. The van der Waals surface area contributed by atoms with Gasteiger partial charge in [-0.2, -0.15) is 0 Å². The number of carbonyl (C=O) groups is 1. The van der Waals surface area contributed by atoms with Gasteiger partial charge in [0, 0.05) is 24.5 Å². The highest BCUT2D eigenvalue weighted by atomic mass is 16.7. The Morgan fingerprint density at radius 3 is 2.48 bits per heavy atom. The summed E-state index contributed by atoms with van der Waals surface area (Å²) < 4.78 is 11.9. The van der Waals surface area contributed by atoms with Crippen molar-refractivity contribution in [3.63, 3.8) is 0 Å². The molecule has 118 valence electrons. The maximum atomic E-state index is 12.0. The number of unbranched alkanes of at least 4 members (excludes halogenated alkanes) is 1. The van der Waals surface area contributed by atoms with E-state index in [1.807, 2.05) is 0 Å². The molecule has 0 aliphatic heterocycles. The summed E-state index contributed by atoms with van der Waals surface area (Å²) in [4.78, 5) is 12.0. The lowest BCUT2D eigenvalue weighted by atomic mass is 9.45. The summed E-state index contributed by atoms with van der Waals surface area (Å²) in [6.07, 6.45) is 10.8. The Morgan fingerprint density at radius 2 is 1.95 bits per heavy atom. The lowest BCUT2D eigenvalue weighted by Gasteiger charge is -2.65. The van der Waals surface area contributed by atoms with Gasteiger partial charge in [-0.3, -0.25) is 0 Å². The van der Waals surface area contributed by atoms with Crippen LogP contribution in [0, 0.1) is 23.2 Å². The number of hydrogen-bond donors (Lipinski definition) is 0. The van der Waals surface area contributed by atoms with E-state index in [0.717, 1.165) is 43.9 Å². The number of methoxy groups -OCH3 is 1. The molecule has 4 bridgehead atoms. The topological polar surface area (TPSA) is 35.5 Å². The molecule has 3 heteroatoms. The molecule has 4 fully saturated rings. The van der Waals surface area contributed by atoms with Crippen LogP contribution in [0.25, 0.3) is 0 Å². The van der Waals surface area contributed by atoms with Crippen molar-refractivity contribution in [1.82, 2.24) is 0 Å². The zero-order chi connectivity index (χ0) is 15.1. The summed E-state index contributed by atoms with van der Waals surface area (Å²) in [5.74, 6) is 0.950. The third-order valence-corrected chi connectivity index (χ3v) is 6.27. The first kappa shape index (κ1) is 15.1. The average molecular weight is 292 g/mol. The summed E-state index contributed by atoms with van der Waals surface area (Å²) in [6, 6.07) is 0. The van der Waals surface area contributed by atoms with Crippen LogP contribution in [0.1, 0.15) is 58.3 Å². The van der Waals surface area contributed by atoms with E-state index in [1.165, 1.54) is 25.3 Å². The molecule has 0 aromatic rings. The maximum absolute atomic E-state index is 12.0. The Kier molecular flexibility index (Phi) is 3.89. The van der Waals surface area contributed by atoms with E-state index < -0.39 is 5.79 Å². The Labute approximate surface area is 128 Å². The lowest BCUT2D eigenvalue weighted by molar-refractivity contribution is -0.351. The molecule has 4 aliphatic rings. The van der Waals surface area contributed by atoms with Gasteiger partial charge in [0.2, 0.25) is 5.79 Å². The normalized spacial score (nSPS) is 43.8. The molecule has 0 amide bonds. The van der Waals surface area contributed by atoms with Crippen LogP contribution in [0.5, 0.6) is 0 Å². The first-order valence-electron chi connectivity index (χ1n) is 8.49. The van der Waals surface area contributed by atoms with Crippen LogP contribution in [-0.4, -0.2) is 18.9 Å². The number of ether oxygens (including phenoxy) is 2. The zero-order valence-corrected chi connectivity index (χ0v) is 13.4. The van der Waals surface area contributed by atoms with E-state index in [2.05, 4.69) is 13.5 Å². The molecule has 0 heterocycles. The van der Waals surface area contributed by atoms with Crippen LogP contribution in [-0.2, 0) is 14.3 Å². The van der Waals surface area contributed by atoms with E-state index in [9.17, 15) is 4.79 Å². The fourth-order valence-corrected chi connectivity index (χ4v) is 5.82. The SMILES string of the molecule is C=CC(=O)OC1(OC)C2CC3CC(C2)CC1(CCCC)C3. The summed E-state index contributed by atoms with van der Waals surface area (Å²) in [5, 5.41) is 0. The van der Waals surface area contributed by atoms with Crippen molar-refractivity contribution < 1.29 is 14.3 Å². The second-order valence-electron chi connectivity index (χ2n) is 7.43. The van der Waals surface area contributed by atoms with Crippen molar-refractivity contribution >= 4 is 5.97 Å². The van der Waals surface area contributed by atoms with Gasteiger partial charge in [0.05, 0.1) is 0 Å². The summed E-state index contributed by atoms with van der Waals surface area (Å²) in [5.41, 5.74) is 0.0329. The van der Waals surface area contributed by atoms with Crippen molar-refractivity contribution in [2.24, 2.45) is 23.2 Å². The third-order valence-electron chi connectivity index (χ3n) is 6.27. The number of hydrogen-bond acceptors (Lipinski definition) is 3. The standard InChI is InChI=1S/C18H28O3/c1-4-6-7-17-11-13-8-14(12-17)10-15(9-13)18(17,20-3)21-16(19)5-2/h5,13-15H,2,4,6-12H2,1,3H3. The molecule has 0 N–H and O–H groups in total. The Hall–Kier alpha value is -0.830. The molecule has 4 saturated carbocycles. The highest BCUT2D eigenvalue weighted by molar-refractivity contribution is 5.81. The molecule has 4 rings (SSSR count). The van der Waals surface area contributed by atoms with Crippen LogP contribution < -0.4 is 0 Å². The molecule has 3 atom stereocenters. The van der Waals surface area contributed by atoms with Gasteiger partial charge in [-0.15, -0.1) is 0 Å². The molecule has 0 aromatic carbocycles. The monoisotopic (exact) mass is 292 g/mol. The summed E-state index contributed by atoms with van der Waals surface area (Å²) in [6.45, 7) is 5.79. The van der Waals surface area contributed by atoms with Crippen LogP contribution in [0.4, 0.5) is 0 Å². The van der Waals surface area contributed by atoms with Crippen molar-refractivity contribution in [3.8, 4) is 0 Å². The van der Waals surface area contributed by atoms with E-state index >= 15 is 0 Å². The Bertz CT molecular complexity index is 416. The van der Waals surface area contributed by atoms with Gasteiger partial charge in [0.1, 0.15) is 0 Å². The Balaban J connectivity index is 1.97. The molecule has 0 aromatic heterocycles. The largest absolute Gasteiger partial charge is 0.429 e. The highest BCUT2D eigenvalue weighted by Gasteiger charge is 2.68. The minimum absolute atomic E-state index is 0.0329. The minimum Gasteiger partial charge on any atom is -0.429 e. The average Bonchev–Trinajstić information content (AvgIpc) is 2.48. The van der Waals surface area contributed by atoms with E-state index in [4.69, 9.17) is 9.47 Å². The predicted octanol–water partition coefficient (Wildman–Crippen LogP) is 4.07. The summed E-state index contributed by atoms with van der Waals surface area (Å²) in [7, 11) is 1.73.